The lowest BCUT2D eigenvalue weighted by Gasteiger charge is -2.30. The summed E-state index contributed by atoms with van der Waals surface area (Å²) in [6, 6.07) is 6.45. The van der Waals surface area contributed by atoms with Crippen molar-refractivity contribution in [2.45, 2.75) is 39.0 Å². The maximum atomic E-state index is 6.41. The van der Waals surface area contributed by atoms with Crippen LogP contribution in [0.3, 0.4) is 0 Å². The van der Waals surface area contributed by atoms with E-state index < -0.39 is 0 Å². The van der Waals surface area contributed by atoms with Crippen molar-refractivity contribution in [2.75, 3.05) is 26.8 Å². The van der Waals surface area contributed by atoms with Crippen LogP contribution in [0, 0.1) is 12.3 Å². The Morgan fingerprint density at radius 1 is 1.30 bits per heavy atom. The van der Waals surface area contributed by atoms with Crippen molar-refractivity contribution in [3.05, 3.63) is 34.3 Å². The highest BCUT2D eigenvalue weighted by Gasteiger charge is 2.34. The topological polar surface area (TPSA) is 21.3 Å². The minimum absolute atomic E-state index is 0.382. The van der Waals surface area contributed by atoms with Gasteiger partial charge in [-0.15, -0.1) is 0 Å². The highest BCUT2D eigenvalue weighted by atomic mass is 35.5. The van der Waals surface area contributed by atoms with Gasteiger partial charge in [0.2, 0.25) is 0 Å². The van der Waals surface area contributed by atoms with Gasteiger partial charge in [-0.25, -0.2) is 0 Å². The molecule has 1 saturated carbocycles. The zero-order valence-electron chi connectivity index (χ0n) is 12.7. The molecular weight excluding hydrogens is 270 g/mol. The predicted molar refractivity (Wildman–Crippen MR) is 85.5 cm³/mol. The lowest BCUT2D eigenvalue weighted by atomic mass is 9.79. The van der Waals surface area contributed by atoms with Gasteiger partial charge < -0.3 is 10.1 Å². The Morgan fingerprint density at radius 3 is 2.70 bits per heavy atom. The number of hydrogen-bond donors (Lipinski definition) is 1. The number of rotatable bonds is 7. The van der Waals surface area contributed by atoms with E-state index in [1.54, 1.807) is 7.11 Å². The summed E-state index contributed by atoms with van der Waals surface area (Å²) >= 11 is 6.41. The van der Waals surface area contributed by atoms with E-state index in [1.807, 2.05) is 0 Å². The minimum Gasteiger partial charge on any atom is -0.383 e. The standard InChI is InChI=1S/C17H26ClNO/c1-14-5-6-15(16(18)11-14)12-17(7-3-4-8-17)13-19-9-10-20-2/h5-6,11,19H,3-4,7-10,12-13H2,1-2H3. The van der Waals surface area contributed by atoms with Gasteiger partial charge in [-0.2, -0.15) is 0 Å². The first-order valence-electron chi connectivity index (χ1n) is 7.60. The van der Waals surface area contributed by atoms with Crippen molar-refractivity contribution >= 4 is 11.6 Å². The van der Waals surface area contributed by atoms with E-state index in [1.165, 1.54) is 36.8 Å². The van der Waals surface area contributed by atoms with Crippen LogP contribution in [0.25, 0.3) is 0 Å². The van der Waals surface area contributed by atoms with Crippen molar-refractivity contribution in [1.82, 2.24) is 5.32 Å². The lowest BCUT2D eigenvalue weighted by Crippen LogP contribution is -2.35. The zero-order chi connectivity index (χ0) is 14.4. The summed E-state index contributed by atoms with van der Waals surface area (Å²) in [4.78, 5) is 0. The molecule has 0 saturated heterocycles. The van der Waals surface area contributed by atoms with Crippen LogP contribution >= 0.6 is 11.6 Å². The summed E-state index contributed by atoms with van der Waals surface area (Å²) in [6.45, 7) is 4.87. The molecule has 20 heavy (non-hydrogen) atoms. The van der Waals surface area contributed by atoms with Crippen LogP contribution in [0.4, 0.5) is 0 Å². The largest absolute Gasteiger partial charge is 0.383 e. The Hall–Kier alpha value is -0.570. The van der Waals surface area contributed by atoms with Crippen molar-refractivity contribution in [2.24, 2.45) is 5.41 Å². The van der Waals surface area contributed by atoms with Crippen LogP contribution in [0.5, 0.6) is 0 Å². The van der Waals surface area contributed by atoms with E-state index in [9.17, 15) is 0 Å². The van der Waals surface area contributed by atoms with Crippen molar-refractivity contribution in [3.63, 3.8) is 0 Å². The third-order valence-electron chi connectivity index (χ3n) is 4.42. The SMILES string of the molecule is COCCNCC1(Cc2ccc(C)cc2Cl)CCCC1. The molecule has 2 nitrogen and oxygen atoms in total. The van der Waals surface area contributed by atoms with Gasteiger partial charge in [0.05, 0.1) is 6.61 Å². The normalized spacial score (nSPS) is 17.6. The molecule has 1 fully saturated rings. The number of nitrogens with one attached hydrogen (secondary N) is 1. The molecule has 0 aromatic heterocycles. The smallest absolute Gasteiger partial charge is 0.0587 e. The van der Waals surface area contributed by atoms with Gasteiger partial charge in [0, 0.05) is 25.2 Å². The number of ether oxygens (including phenoxy) is 1. The second-order valence-electron chi connectivity index (χ2n) is 6.15. The molecule has 0 unspecified atom stereocenters. The van der Waals surface area contributed by atoms with Gasteiger partial charge in [-0.3, -0.25) is 0 Å². The molecule has 1 aliphatic rings. The lowest BCUT2D eigenvalue weighted by molar-refractivity contribution is 0.190. The van der Waals surface area contributed by atoms with Gasteiger partial charge in [0.15, 0.2) is 0 Å². The third-order valence-corrected chi connectivity index (χ3v) is 4.77. The zero-order valence-corrected chi connectivity index (χ0v) is 13.4. The van der Waals surface area contributed by atoms with Gasteiger partial charge >= 0.3 is 0 Å². The first-order valence-corrected chi connectivity index (χ1v) is 7.98. The fourth-order valence-corrected chi connectivity index (χ4v) is 3.57. The van der Waals surface area contributed by atoms with Crippen LogP contribution in [0.1, 0.15) is 36.8 Å². The predicted octanol–water partition coefficient (Wildman–Crippen LogP) is 3.99. The molecule has 0 aliphatic heterocycles. The summed E-state index contributed by atoms with van der Waals surface area (Å²) in [5.74, 6) is 0. The molecule has 1 aromatic carbocycles. The molecule has 1 aliphatic carbocycles. The number of methoxy groups -OCH3 is 1. The Kier molecular flexibility index (Phi) is 5.88. The fourth-order valence-electron chi connectivity index (χ4n) is 3.27. The maximum Gasteiger partial charge on any atom is 0.0587 e. The molecule has 0 amide bonds. The summed E-state index contributed by atoms with van der Waals surface area (Å²) in [6.07, 6.45) is 6.38. The molecule has 0 bridgehead atoms. The molecule has 1 aromatic rings. The van der Waals surface area contributed by atoms with Crippen LogP contribution < -0.4 is 5.32 Å². The second-order valence-corrected chi connectivity index (χ2v) is 6.56. The Labute approximate surface area is 127 Å². The van der Waals surface area contributed by atoms with Crippen LogP contribution in [-0.4, -0.2) is 26.8 Å². The fraction of sp³-hybridized carbons (Fsp3) is 0.647. The Balaban J connectivity index is 2.01. The summed E-state index contributed by atoms with van der Waals surface area (Å²) in [5.41, 5.74) is 2.91. The van der Waals surface area contributed by atoms with E-state index in [0.29, 0.717) is 5.41 Å². The monoisotopic (exact) mass is 295 g/mol. The minimum atomic E-state index is 0.382. The van der Waals surface area contributed by atoms with E-state index >= 15 is 0 Å². The summed E-state index contributed by atoms with van der Waals surface area (Å²) in [5, 5.41) is 4.48. The molecule has 0 heterocycles. The molecule has 0 spiro atoms. The molecular formula is C17H26ClNO. The van der Waals surface area contributed by atoms with Crippen molar-refractivity contribution in [1.29, 1.82) is 0 Å². The average molecular weight is 296 g/mol. The molecule has 0 atom stereocenters. The second kappa shape index (κ2) is 7.44. The molecule has 112 valence electrons. The Morgan fingerprint density at radius 2 is 2.05 bits per heavy atom. The van der Waals surface area contributed by atoms with E-state index in [2.05, 4.69) is 30.4 Å². The highest BCUT2D eigenvalue weighted by Crippen LogP contribution is 2.41. The first kappa shape index (κ1) is 15.8. The quantitative estimate of drug-likeness (QED) is 0.768. The molecule has 1 N–H and O–H groups in total. The molecule has 3 heteroatoms. The molecule has 2 rings (SSSR count). The number of aryl methyl sites for hydroxylation is 1. The van der Waals surface area contributed by atoms with Crippen LogP contribution in [-0.2, 0) is 11.2 Å². The van der Waals surface area contributed by atoms with Gasteiger partial charge in [-0.1, -0.05) is 36.6 Å². The maximum absolute atomic E-state index is 6.41. The first-order chi connectivity index (χ1) is 9.65. The van der Waals surface area contributed by atoms with Gasteiger partial charge in [0.1, 0.15) is 0 Å². The van der Waals surface area contributed by atoms with E-state index in [-0.39, 0.29) is 0 Å². The van der Waals surface area contributed by atoms with Crippen molar-refractivity contribution < 1.29 is 4.74 Å². The molecule has 0 radical (unpaired) electrons. The van der Waals surface area contributed by atoms with E-state index in [4.69, 9.17) is 16.3 Å². The van der Waals surface area contributed by atoms with Gasteiger partial charge in [0.25, 0.3) is 0 Å². The number of benzene rings is 1. The third kappa shape index (κ3) is 4.21. The van der Waals surface area contributed by atoms with E-state index in [0.717, 1.165) is 31.1 Å². The van der Waals surface area contributed by atoms with Crippen molar-refractivity contribution in [3.8, 4) is 0 Å². The van der Waals surface area contributed by atoms with Crippen LogP contribution in [0.2, 0.25) is 5.02 Å². The average Bonchev–Trinajstić information content (AvgIpc) is 2.87. The number of halogens is 1. The summed E-state index contributed by atoms with van der Waals surface area (Å²) in [7, 11) is 1.75. The highest BCUT2D eigenvalue weighted by molar-refractivity contribution is 6.31. The number of hydrogen-bond acceptors (Lipinski definition) is 2. The van der Waals surface area contributed by atoms with Crippen LogP contribution in [0.15, 0.2) is 18.2 Å². The van der Waals surface area contributed by atoms with Gasteiger partial charge in [-0.05, 0) is 48.8 Å². The summed E-state index contributed by atoms with van der Waals surface area (Å²) < 4.78 is 5.11. The Bertz CT molecular complexity index is 427.